The summed E-state index contributed by atoms with van der Waals surface area (Å²) in [6.45, 7) is 8.43. The highest BCUT2D eigenvalue weighted by Gasteiger charge is 2.53. The van der Waals surface area contributed by atoms with Crippen LogP contribution in [-0.2, 0) is 22.4 Å². The Morgan fingerprint density at radius 3 is 2.43 bits per heavy atom. The molecular formula is C30H35F3O4. The number of hydrogen-bond acceptors (Lipinski definition) is 4. The highest BCUT2D eigenvalue weighted by molar-refractivity contribution is 5.87. The Morgan fingerprint density at radius 2 is 1.78 bits per heavy atom. The summed E-state index contributed by atoms with van der Waals surface area (Å²) in [5.74, 6) is 0.0634. The van der Waals surface area contributed by atoms with Crippen LogP contribution in [0.5, 0.6) is 5.75 Å². The van der Waals surface area contributed by atoms with E-state index in [4.69, 9.17) is 13.9 Å². The second kappa shape index (κ2) is 11.9. The normalized spacial score (nSPS) is 13.4. The summed E-state index contributed by atoms with van der Waals surface area (Å²) in [6.07, 6.45) is 0.805. The molecule has 0 aliphatic heterocycles. The molecule has 1 aromatic heterocycles. The number of halogens is 3. The highest BCUT2D eigenvalue weighted by Crippen LogP contribution is 2.39. The summed E-state index contributed by atoms with van der Waals surface area (Å²) >= 11 is 0. The van der Waals surface area contributed by atoms with Gasteiger partial charge in [-0.2, -0.15) is 13.2 Å². The third kappa shape index (κ3) is 6.96. The lowest BCUT2D eigenvalue weighted by Gasteiger charge is -2.31. The van der Waals surface area contributed by atoms with Crippen molar-refractivity contribution in [2.24, 2.45) is 5.41 Å². The summed E-state index contributed by atoms with van der Waals surface area (Å²) < 4.78 is 57.8. The molecule has 200 valence electrons. The zero-order chi connectivity index (χ0) is 27.2. The van der Waals surface area contributed by atoms with Gasteiger partial charge in [-0.3, -0.25) is 0 Å². The van der Waals surface area contributed by atoms with Gasteiger partial charge in [-0.1, -0.05) is 51.5 Å². The van der Waals surface area contributed by atoms with Gasteiger partial charge in [0.25, 0.3) is 0 Å². The molecule has 0 aliphatic rings. The van der Waals surface area contributed by atoms with Gasteiger partial charge in [0.15, 0.2) is 0 Å². The molecule has 1 unspecified atom stereocenters. The smallest absolute Gasteiger partial charge is 0.400 e. The van der Waals surface area contributed by atoms with Crippen molar-refractivity contribution in [2.45, 2.75) is 66.0 Å². The first-order chi connectivity index (χ1) is 17.5. The van der Waals surface area contributed by atoms with Gasteiger partial charge in [-0.15, -0.1) is 0 Å². The second-order valence-corrected chi connectivity index (χ2v) is 9.82. The van der Waals surface area contributed by atoms with Crippen LogP contribution in [0.25, 0.3) is 22.3 Å². The molecule has 37 heavy (non-hydrogen) atoms. The lowest BCUT2D eigenvalue weighted by molar-refractivity contribution is -0.240. The van der Waals surface area contributed by atoms with E-state index in [9.17, 15) is 18.0 Å². The first-order valence-electron chi connectivity index (χ1n) is 12.7. The largest absolute Gasteiger partial charge is 0.492 e. The molecule has 0 saturated carbocycles. The predicted molar refractivity (Wildman–Crippen MR) is 140 cm³/mol. The number of ether oxygens (including phenoxy) is 2. The highest BCUT2D eigenvalue weighted by atomic mass is 19.4. The summed E-state index contributed by atoms with van der Waals surface area (Å²) in [5.41, 5.74) is 1.66. The van der Waals surface area contributed by atoms with E-state index >= 15 is 0 Å². The van der Waals surface area contributed by atoms with Crippen LogP contribution in [0.2, 0.25) is 0 Å². The van der Waals surface area contributed by atoms with Crippen molar-refractivity contribution in [1.29, 1.82) is 0 Å². The van der Waals surface area contributed by atoms with Crippen LogP contribution < -0.4 is 4.74 Å². The van der Waals surface area contributed by atoms with Crippen molar-refractivity contribution < 1.29 is 31.9 Å². The Bertz CT molecular complexity index is 1240. The van der Waals surface area contributed by atoms with E-state index < -0.39 is 30.8 Å². The maximum atomic E-state index is 13.8. The Hall–Kier alpha value is -3.22. The summed E-state index contributed by atoms with van der Waals surface area (Å²) in [5, 5.41) is 0.824. The Labute approximate surface area is 216 Å². The van der Waals surface area contributed by atoms with E-state index in [1.807, 2.05) is 6.07 Å². The minimum atomic E-state index is -4.65. The number of rotatable bonds is 12. The zero-order valence-corrected chi connectivity index (χ0v) is 22.0. The topological polar surface area (TPSA) is 48.7 Å². The van der Waals surface area contributed by atoms with Crippen LogP contribution in [0, 0.1) is 5.41 Å². The van der Waals surface area contributed by atoms with E-state index in [2.05, 4.69) is 38.6 Å². The third-order valence-corrected chi connectivity index (χ3v) is 6.49. The molecule has 0 fully saturated rings. The van der Waals surface area contributed by atoms with Crippen LogP contribution in [0.3, 0.4) is 0 Å². The zero-order valence-electron chi connectivity index (χ0n) is 22.0. The number of aryl methyl sites for hydroxylation is 2. The molecule has 4 nitrogen and oxygen atoms in total. The van der Waals surface area contributed by atoms with Crippen LogP contribution in [0.1, 0.15) is 58.1 Å². The molecule has 0 radical (unpaired) electrons. The Balaban J connectivity index is 1.78. The van der Waals surface area contributed by atoms with Crippen molar-refractivity contribution in [2.75, 3.05) is 13.2 Å². The maximum absolute atomic E-state index is 13.8. The molecule has 0 saturated heterocycles. The molecule has 3 rings (SSSR count). The van der Waals surface area contributed by atoms with Crippen molar-refractivity contribution in [3.63, 3.8) is 0 Å². The molecular weight excluding hydrogens is 481 g/mol. The minimum Gasteiger partial charge on any atom is -0.492 e. The number of carbonyl (C=O) groups excluding carboxylic acids is 1. The first kappa shape index (κ1) is 28.4. The Kier molecular flexibility index (Phi) is 9.11. The number of esters is 1. The van der Waals surface area contributed by atoms with Gasteiger partial charge < -0.3 is 13.9 Å². The van der Waals surface area contributed by atoms with Gasteiger partial charge in [0.2, 0.25) is 0 Å². The van der Waals surface area contributed by atoms with E-state index in [1.54, 1.807) is 18.2 Å². The molecule has 0 aliphatic carbocycles. The van der Waals surface area contributed by atoms with E-state index in [0.29, 0.717) is 11.3 Å². The van der Waals surface area contributed by atoms with E-state index in [0.717, 1.165) is 37.1 Å². The van der Waals surface area contributed by atoms with Crippen LogP contribution >= 0.6 is 0 Å². The van der Waals surface area contributed by atoms with Crippen molar-refractivity contribution in [1.82, 2.24) is 0 Å². The van der Waals surface area contributed by atoms with Gasteiger partial charge in [0.1, 0.15) is 35.7 Å². The molecule has 1 heterocycles. The van der Waals surface area contributed by atoms with E-state index in [1.165, 1.54) is 30.9 Å². The summed E-state index contributed by atoms with van der Waals surface area (Å²) in [7, 11) is 0. The molecule has 7 heteroatoms. The van der Waals surface area contributed by atoms with E-state index in [-0.39, 0.29) is 11.3 Å². The minimum absolute atomic E-state index is 0.0295. The number of hydrogen-bond donors (Lipinski definition) is 0. The first-order valence-corrected chi connectivity index (χ1v) is 12.7. The maximum Gasteiger partial charge on any atom is 0.400 e. The molecule has 0 bridgehead atoms. The lowest BCUT2D eigenvalue weighted by Crippen LogP contribution is -2.44. The van der Waals surface area contributed by atoms with Gasteiger partial charge in [-0.05, 0) is 62.4 Å². The number of benzene rings is 2. The van der Waals surface area contributed by atoms with Crippen LogP contribution in [-0.4, -0.2) is 25.4 Å². The predicted octanol–water partition coefficient (Wildman–Crippen LogP) is 8.46. The molecule has 0 spiro atoms. The monoisotopic (exact) mass is 516 g/mol. The molecule has 3 aromatic rings. The average molecular weight is 517 g/mol. The fourth-order valence-electron chi connectivity index (χ4n) is 3.94. The van der Waals surface area contributed by atoms with Gasteiger partial charge in [0.05, 0.1) is 0 Å². The number of alkyl halides is 3. The fourth-order valence-corrected chi connectivity index (χ4v) is 3.94. The second-order valence-electron chi connectivity index (χ2n) is 9.82. The fraction of sp³-hybridized carbons (Fsp3) is 0.433. The van der Waals surface area contributed by atoms with Crippen molar-refractivity contribution in [3.05, 3.63) is 65.7 Å². The SMILES string of the molecule is C=C(C)C(=O)OCC(C)(COc1ccc2cc(-c3ccc(CCCCC)cc3CC)oc2c1)C(F)(F)F. The van der Waals surface area contributed by atoms with Crippen LogP contribution in [0.4, 0.5) is 13.2 Å². The molecule has 2 aromatic carbocycles. The molecule has 0 N–H and O–H groups in total. The van der Waals surface area contributed by atoms with Crippen LogP contribution in [0.15, 0.2) is 59.0 Å². The number of fused-ring (bicyclic) bond motifs is 1. The number of carbonyl (C=O) groups is 1. The molecule has 1 atom stereocenters. The molecule has 0 amide bonds. The van der Waals surface area contributed by atoms with Gasteiger partial charge in [-0.25, -0.2) is 4.79 Å². The average Bonchev–Trinajstić information content (AvgIpc) is 3.28. The standard InChI is InChI=1S/C30H35F3O4/c1-6-8-9-10-21-11-14-25(22(7-2)15-21)27-16-23-12-13-24(17-26(23)37-27)35-18-29(5,30(31,32)33)19-36-28(34)20(3)4/h11-17H,3,6-10,18-19H2,1-2,4-5H3. The van der Waals surface area contributed by atoms with Crippen molar-refractivity contribution in [3.8, 4) is 17.1 Å². The number of unbranched alkanes of at least 4 members (excludes halogenated alkanes) is 2. The summed E-state index contributed by atoms with van der Waals surface area (Å²) in [4.78, 5) is 11.6. The quantitative estimate of drug-likeness (QED) is 0.138. The summed E-state index contributed by atoms with van der Waals surface area (Å²) in [6, 6.07) is 13.3. The number of furan rings is 1. The van der Waals surface area contributed by atoms with Gasteiger partial charge >= 0.3 is 12.1 Å². The third-order valence-electron chi connectivity index (χ3n) is 6.49. The van der Waals surface area contributed by atoms with Crippen molar-refractivity contribution >= 4 is 16.9 Å². The Morgan fingerprint density at radius 1 is 1.03 bits per heavy atom. The van der Waals surface area contributed by atoms with Gasteiger partial charge in [0, 0.05) is 22.6 Å². The lowest BCUT2D eigenvalue weighted by atomic mass is 9.92.